The topological polar surface area (TPSA) is 95.6 Å². The van der Waals surface area contributed by atoms with Crippen LogP contribution < -0.4 is 4.74 Å². The van der Waals surface area contributed by atoms with E-state index in [4.69, 9.17) is 4.74 Å². The predicted molar refractivity (Wildman–Crippen MR) is 129 cm³/mol. The minimum absolute atomic E-state index is 0.0750. The molecule has 172 valence electrons. The van der Waals surface area contributed by atoms with E-state index in [0.717, 1.165) is 4.88 Å². The number of pyridine rings is 1. The molecule has 34 heavy (non-hydrogen) atoms. The van der Waals surface area contributed by atoms with E-state index in [9.17, 15) is 14.4 Å². The Hall–Kier alpha value is -3.98. The number of aromatic amines is 1. The molecule has 3 aromatic heterocycles. The number of fused-ring (bicyclic) bond motifs is 1. The molecule has 1 saturated heterocycles. The van der Waals surface area contributed by atoms with Crippen LogP contribution in [0.2, 0.25) is 0 Å². The van der Waals surface area contributed by atoms with Crippen LogP contribution in [0.25, 0.3) is 21.5 Å². The van der Waals surface area contributed by atoms with Gasteiger partial charge in [-0.1, -0.05) is 24.3 Å². The smallest absolute Gasteiger partial charge is 0.295 e. The number of thiophene rings is 1. The fourth-order valence-electron chi connectivity index (χ4n) is 4.19. The van der Waals surface area contributed by atoms with E-state index >= 15 is 0 Å². The Labute approximate surface area is 199 Å². The van der Waals surface area contributed by atoms with Crippen molar-refractivity contribution in [3.63, 3.8) is 0 Å². The van der Waals surface area contributed by atoms with Gasteiger partial charge in [0, 0.05) is 37.9 Å². The van der Waals surface area contributed by atoms with E-state index in [1.165, 1.54) is 23.3 Å². The number of nitrogens with zero attached hydrogens (tertiary/aromatic N) is 3. The summed E-state index contributed by atoms with van der Waals surface area (Å²) in [7, 11) is 1.51. The molecule has 0 radical (unpaired) electrons. The largest absolute Gasteiger partial charge is 0.494 e. The molecule has 0 aliphatic carbocycles. The van der Waals surface area contributed by atoms with Crippen LogP contribution in [0.4, 0.5) is 0 Å². The number of hydrogen-bond donors (Lipinski definition) is 1. The molecule has 1 N–H and O–H groups in total. The quantitative estimate of drug-likeness (QED) is 0.353. The third-order valence-electron chi connectivity index (χ3n) is 5.96. The number of piperazine rings is 1. The fourth-order valence-corrected chi connectivity index (χ4v) is 4.91. The lowest BCUT2D eigenvalue weighted by Gasteiger charge is -2.34. The van der Waals surface area contributed by atoms with E-state index in [1.54, 1.807) is 29.4 Å². The first-order chi connectivity index (χ1) is 16.6. The van der Waals surface area contributed by atoms with Crippen LogP contribution in [0.3, 0.4) is 0 Å². The van der Waals surface area contributed by atoms with E-state index in [1.807, 2.05) is 35.7 Å². The highest BCUT2D eigenvalue weighted by molar-refractivity contribution is 7.13. The zero-order valence-corrected chi connectivity index (χ0v) is 19.3. The average Bonchev–Trinajstić information content (AvgIpc) is 3.58. The van der Waals surface area contributed by atoms with E-state index < -0.39 is 11.7 Å². The van der Waals surface area contributed by atoms with Gasteiger partial charge in [-0.05, 0) is 23.6 Å². The second-order valence-electron chi connectivity index (χ2n) is 7.88. The summed E-state index contributed by atoms with van der Waals surface area (Å²) in [5, 5.41) is 2.49. The van der Waals surface area contributed by atoms with Crippen LogP contribution in [0.15, 0.2) is 60.2 Å². The van der Waals surface area contributed by atoms with Gasteiger partial charge in [-0.25, -0.2) is 4.98 Å². The third kappa shape index (κ3) is 3.84. The standard InChI is InChI=1S/C25H22N4O4S/c1-33-18-15-27-21(19-8-5-13-34-19)22-20(18)17(14-26-22)23(30)25(32)29-11-9-28(10-12-29)24(31)16-6-3-2-4-7-16/h2-8,13-15,26H,9-12H2,1H3. The minimum atomic E-state index is -0.615. The number of carbonyl (C=O) groups excluding carboxylic acids is 3. The molecule has 1 fully saturated rings. The zero-order valence-electron chi connectivity index (χ0n) is 18.5. The fraction of sp³-hybridized carbons (Fsp3) is 0.200. The number of ketones is 1. The second-order valence-corrected chi connectivity index (χ2v) is 8.83. The highest BCUT2D eigenvalue weighted by Gasteiger charge is 2.31. The normalized spacial score (nSPS) is 13.8. The lowest BCUT2D eigenvalue weighted by atomic mass is 10.1. The summed E-state index contributed by atoms with van der Waals surface area (Å²) < 4.78 is 5.46. The van der Waals surface area contributed by atoms with Gasteiger partial charge < -0.3 is 19.5 Å². The van der Waals surface area contributed by atoms with E-state index in [-0.39, 0.29) is 11.5 Å². The number of aromatic nitrogens is 2. The Morgan fingerprint density at radius 1 is 1.00 bits per heavy atom. The number of carbonyl (C=O) groups is 3. The van der Waals surface area contributed by atoms with Gasteiger partial charge >= 0.3 is 0 Å². The second kappa shape index (κ2) is 9.11. The molecule has 0 saturated carbocycles. The number of methoxy groups -OCH3 is 1. The van der Waals surface area contributed by atoms with Gasteiger partial charge in [0.15, 0.2) is 0 Å². The maximum atomic E-state index is 13.3. The number of H-pyrrole nitrogens is 1. The van der Waals surface area contributed by atoms with Gasteiger partial charge in [-0.2, -0.15) is 0 Å². The summed E-state index contributed by atoms with van der Waals surface area (Å²) in [6.07, 6.45) is 3.11. The predicted octanol–water partition coefficient (Wildman–Crippen LogP) is 3.47. The molecule has 0 atom stereocenters. The molecule has 4 aromatic rings. The monoisotopic (exact) mass is 474 g/mol. The van der Waals surface area contributed by atoms with Crippen molar-refractivity contribution in [3.05, 3.63) is 71.4 Å². The van der Waals surface area contributed by atoms with Gasteiger partial charge in [0.2, 0.25) is 0 Å². The Morgan fingerprint density at radius 3 is 2.41 bits per heavy atom. The van der Waals surface area contributed by atoms with Crippen LogP contribution in [0.5, 0.6) is 5.75 Å². The minimum Gasteiger partial charge on any atom is -0.494 e. The SMILES string of the molecule is COc1cnc(-c2cccs2)c2[nH]cc(C(=O)C(=O)N3CCN(C(=O)c4ccccc4)CC3)c12. The number of nitrogens with one attached hydrogen (secondary N) is 1. The Kier molecular flexibility index (Phi) is 5.85. The highest BCUT2D eigenvalue weighted by Crippen LogP contribution is 2.36. The number of Topliss-reactive ketones (excluding diaryl/α,β-unsaturated/α-hetero) is 1. The van der Waals surface area contributed by atoms with Crippen LogP contribution in [-0.4, -0.2) is 70.7 Å². The molecule has 0 unspecified atom stereocenters. The van der Waals surface area contributed by atoms with Crippen molar-refractivity contribution in [1.82, 2.24) is 19.8 Å². The maximum Gasteiger partial charge on any atom is 0.295 e. The number of rotatable bonds is 5. The highest BCUT2D eigenvalue weighted by atomic mass is 32.1. The molecule has 8 nitrogen and oxygen atoms in total. The van der Waals surface area contributed by atoms with Crippen molar-refractivity contribution >= 4 is 39.8 Å². The Balaban J connectivity index is 1.36. The summed E-state index contributed by atoms with van der Waals surface area (Å²) in [6.45, 7) is 1.34. The summed E-state index contributed by atoms with van der Waals surface area (Å²) >= 11 is 1.54. The molecule has 0 spiro atoms. The first-order valence-corrected chi connectivity index (χ1v) is 11.7. The molecular formula is C25H22N4O4S. The van der Waals surface area contributed by atoms with Crippen LogP contribution in [0, 0.1) is 0 Å². The molecule has 1 aliphatic heterocycles. The van der Waals surface area contributed by atoms with Crippen molar-refractivity contribution in [2.24, 2.45) is 0 Å². The summed E-state index contributed by atoms with van der Waals surface area (Å²) in [4.78, 5) is 50.8. The van der Waals surface area contributed by atoms with Crippen LogP contribution in [-0.2, 0) is 4.79 Å². The van der Waals surface area contributed by atoms with Gasteiger partial charge in [0.05, 0.1) is 34.7 Å². The first-order valence-electron chi connectivity index (χ1n) is 10.8. The molecule has 4 heterocycles. The van der Waals surface area contributed by atoms with Crippen LogP contribution in [0.1, 0.15) is 20.7 Å². The van der Waals surface area contributed by atoms with Crippen molar-refractivity contribution in [2.45, 2.75) is 0 Å². The maximum absolute atomic E-state index is 13.3. The number of benzene rings is 1. The van der Waals surface area contributed by atoms with Gasteiger partial charge in [-0.15, -0.1) is 11.3 Å². The van der Waals surface area contributed by atoms with Gasteiger partial charge in [0.25, 0.3) is 17.6 Å². The number of amides is 2. The molecule has 1 aliphatic rings. The van der Waals surface area contributed by atoms with E-state index in [2.05, 4.69) is 9.97 Å². The molecular weight excluding hydrogens is 452 g/mol. The Bertz CT molecular complexity index is 1360. The Morgan fingerprint density at radius 2 is 1.74 bits per heavy atom. The first kappa shape index (κ1) is 21.8. The molecule has 9 heteroatoms. The van der Waals surface area contributed by atoms with Crippen molar-refractivity contribution in [2.75, 3.05) is 33.3 Å². The molecule has 0 bridgehead atoms. The zero-order chi connectivity index (χ0) is 23.7. The lowest BCUT2D eigenvalue weighted by Crippen LogP contribution is -2.52. The summed E-state index contributed by atoms with van der Waals surface area (Å²) in [6, 6.07) is 12.9. The third-order valence-corrected chi connectivity index (χ3v) is 6.84. The van der Waals surface area contributed by atoms with Crippen molar-refractivity contribution < 1.29 is 19.1 Å². The van der Waals surface area contributed by atoms with Crippen LogP contribution >= 0.6 is 11.3 Å². The van der Waals surface area contributed by atoms with Gasteiger partial charge in [0.1, 0.15) is 11.4 Å². The molecule has 5 rings (SSSR count). The number of ether oxygens (including phenoxy) is 1. The van der Waals surface area contributed by atoms with Gasteiger partial charge in [-0.3, -0.25) is 14.4 Å². The average molecular weight is 475 g/mol. The van der Waals surface area contributed by atoms with E-state index in [0.29, 0.717) is 54.1 Å². The molecule has 2 amide bonds. The molecule has 1 aromatic carbocycles. The summed E-state index contributed by atoms with van der Waals surface area (Å²) in [5.41, 5.74) is 2.21. The number of hydrogen-bond acceptors (Lipinski definition) is 6. The summed E-state index contributed by atoms with van der Waals surface area (Å²) in [5.74, 6) is -0.861. The lowest BCUT2D eigenvalue weighted by molar-refractivity contribution is -0.127. The van der Waals surface area contributed by atoms with Crippen molar-refractivity contribution in [1.29, 1.82) is 0 Å². The van der Waals surface area contributed by atoms with Crippen molar-refractivity contribution in [3.8, 4) is 16.3 Å².